The summed E-state index contributed by atoms with van der Waals surface area (Å²) < 4.78 is 23.4. The predicted octanol–water partition coefficient (Wildman–Crippen LogP) is -8.48. The Morgan fingerprint density at radius 2 is 1.50 bits per heavy atom. The molecule has 8 heteroatoms. The third kappa shape index (κ3) is 7.45. The van der Waals surface area contributed by atoms with Crippen molar-refractivity contribution in [2.45, 2.75) is 12.3 Å². The maximum Gasteiger partial charge on any atom is 1.00 e. The summed E-state index contributed by atoms with van der Waals surface area (Å²) in [7, 11) is 0. The van der Waals surface area contributed by atoms with E-state index in [1.54, 1.807) is 0 Å². The number of halogens is 2. The minimum Gasteiger partial charge on any atom is -0.550 e. The molecule has 0 unspecified atom stereocenters. The molecule has 0 radical (unpaired) electrons. The summed E-state index contributed by atoms with van der Waals surface area (Å²) >= 11 is 0. The van der Waals surface area contributed by atoms with Crippen LogP contribution in [0.25, 0.3) is 0 Å². The largest absolute Gasteiger partial charge is 1.00 e. The molecule has 0 amide bonds. The van der Waals surface area contributed by atoms with Crippen molar-refractivity contribution in [3.8, 4) is 0 Å². The molecule has 0 aromatic heterocycles. The van der Waals surface area contributed by atoms with Gasteiger partial charge in [-0.15, -0.1) is 0 Å². The second-order valence-corrected chi connectivity index (χ2v) is 1.54. The zero-order valence-electron chi connectivity index (χ0n) is 6.60. The summed E-state index contributed by atoms with van der Waals surface area (Å²) in [5, 5.41) is 18.8. The first kappa shape index (κ1) is 18.6. The Labute approximate surface area is 111 Å². The smallest absolute Gasteiger partial charge is 0.550 e. The Balaban J connectivity index is -0.000000405. The van der Waals surface area contributed by atoms with Gasteiger partial charge < -0.3 is 19.8 Å². The Hall–Kier alpha value is 0.800. The Bertz CT molecular complexity index is 172. The van der Waals surface area contributed by atoms with Crippen molar-refractivity contribution in [3.63, 3.8) is 0 Å². The molecule has 0 aromatic rings. The molecule has 0 aromatic carbocycles. The van der Waals surface area contributed by atoms with Gasteiger partial charge in [0.2, 0.25) is 0 Å². The number of hydrogen-bond donors (Lipinski definition) is 0. The fourth-order valence-electron chi connectivity index (χ4n) is 0.253. The van der Waals surface area contributed by atoms with E-state index in [1.165, 1.54) is 0 Å². The molecule has 12 heavy (non-hydrogen) atoms. The average molecular weight is 198 g/mol. The van der Waals surface area contributed by atoms with Crippen molar-refractivity contribution in [3.05, 3.63) is 0 Å². The van der Waals surface area contributed by atoms with E-state index in [9.17, 15) is 28.6 Å². The Morgan fingerprint density at radius 3 is 1.58 bits per heavy atom. The van der Waals surface area contributed by atoms with Crippen LogP contribution in [0.4, 0.5) is 8.78 Å². The van der Waals surface area contributed by atoms with Gasteiger partial charge in [0.1, 0.15) is 5.97 Å². The van der Waals surface area contributed by atoms with Crippen LogP contribution in [0.1, 0.15) is 6.42 Å². The van der Waals surface area contributed by atoms with Gasteiger partial charge in [-0.2, -0.15) is 8.78 Å². The molecule has 0 heterocycles. The van der Waals surface area contributed by atoms with E-state index in [1.807, 2.05) is 0 Å². The van der Waals surface area contributed by atoms with Gasteiger partial charge in [-0.25, -0.2) is 0 Å². The van der Waals surface area contributed by atoms with Crippen LogP contribution in [0.15, 0.2) is 0 Å². The number of alkyl halides is 2. The molecule has 58 valence electrons. The van der Waals surface area contributed by atoms with E-state index in [-0.39, 0.29) is 59.1 Å². The van der Waals surface area contributed by atoms with E-state index in [0.717, 1.165) is 0 Å². The van der Waals surface area contributed by atoms with Gasteiger partial charge in [0.25, 0.3) is 5.92 Å². The first-order chi connectivity index (χ1) is 4.36. The molecule has 0 aliphatic heterocycles. The monoisotopic (exact) mass is 198 g/mol. The second-order valence-electron chi connectivity index (χ2n) is 1.54. The summed E-state index contributed by atoms with van der Waals surface area (Å²) in [6, 6.07) is 0. The quantitative estimate of drug-likeness (QED) is 0.422. The van der Waals surface area contributed by atoms with Crippen LogP contribution >= 0.6 is 0 Å². The molecule has 0 fully saturated rings. The fourth-order valence-corrected chi connectivity index (χ4v) is 0.253. The van der Waals surface area contributed by atoms with Crippen LogP contribution < -0.4 is 69.3 Å². The molecule has 0 aliphatic rings. The summed E-state index contributed by atoms with van der Waals surface area (Å²) in [6.07, 6.45) is -1.85. The van der Waals surface area contributed by atoms with Crippen molar-refractivity contribution in [1.82, 2.24) is 0 Å². The van der Waals surface area contributed by atoms with Crippen LogP contribution in [0, 0.1) is 0 Å². The van der Waals surface area contributed by atoms with Crippen LogP contribution in [0.2, 0.25) is 0 Å². The average Bonchev–Trinajstić information content (AvgIpc) is 1.60. The molecule has 0 saturated heterocycles. The van der Waals surface area contributed by atoms with Gasteiger partial charge in [-0.1, -0.05) is 0 Å². The van der Waals surface area contributed by atoms with E-state index in [2.05, 4.69) is 0 Å². The molecule has 0 spiro atoms. The van der Waals surface area contributed by atoms with Gasteiger partial charge in [0, 0.05) is 5.97 Å². The third-order valence-corrected chi connectivity index (χ3v) is 0.665. The molecular formula is C4H2F2Na2O4. The standard InChI is InChI=1S/C4H4F2O4.2Na/c5-4(6,3(9)10)1-2(7)8;;/h1H2,(H,7,8)(H,9,10);;/q;2*+1/p-2. The second kappa shape index (κ2) is 7.23. The van der Waals surface area contributed by atoms with Crippen molar-refractivity contribution >= 4 is 11.9 Å². The number of carboxylic acid groups (broad SMARTS) is 2. The van der Waals surface area contributed by atoms with E-state index in [0.29, 0.717) is 0 Å². The number of aliphatic carboxylic acids is 2. The minimum absolute atomic E-state index is 0. The predicted molar refractivity (Wildman–Crippen MR) is 19.6 cm³/mol. The van der Waals surface area contributed by atoms with Crippen molar-refractivity contribution in [2.24, 2.45) is 0 Å². The van der Waals surface area contributed by atoms with E-state index in [4.69, 9.17) is 0 Å². The van der Waals surface area contributed by atoms with Gasteiger partial charge in [0.05, 0.1) is 6.42 Å². The van der Waals surface area contributed by atoms with Gasteiger partial charge >= 0.3 is 59.1 Å². The van der Waals surface area contributed by atoms with Gasteiger partial charge in [0.15, 0.2) is 0 Å². The number of carboxylic acids is 2. The SMILES string of the molecule is O=C([O-])CC(F)(F)C(=O)[O-].[Na+].[Na+]. The maximum atomic E-state index is 11.7. The number of carbonyl (C=O) groups excluding carboxylic acids is 2. The number of carbonyl (C=O) groups is 2. The maximum absolute atomic E-state index is 11.7. The van der Waals surface area contributed by atoms with E-state index >= 15 is 0 Å². The molecule has 0 bridgehead atoms. The summed E-state index contributed by atoms with van der Waals surface area (Å²) in [4.78, 5) is 18.8. The molecular weight excluding hydrogens is 196 g/mol. The summed E-state index contributed by atoms with van der Waals surface area (Å²) in [6.45, 7) is 0. The summed E-state index contributed by atoms with van der Waals surface area (Å²) in [5.41, 5.74) is 0. The van der Waals surface area contributed by atoms with E-state index < -0.39 is 24.3 Å². The van der Waals surface area contributed by atoms with Crippen molar-refractivity contribution in [1.29, 1.82) is 0 Å². The fraction of sp³-hybridized carbons (Fsp3) is 0.500. The zero-order valence-corrected chi connectivity index (χ0v) is 10.6. The Morgan fingerprint density at radius 1 is 1.17 bits per heavy atom. The van der Waals surface area contributed by atoms with Crippen LogP contribution in [-0.2, 0) is 9.59 Å². The first-order valence-corrected chi connectivity index (χ1v) is 2.15. The van der Waals surface area contributed by atoms with Crippen molar-refractivity contribution < 1.29 is 87.7 Å². The molecule has 0 saturated carbocycles. The molecule has 4 nitrogen and oxygen atoms in total. The van der Waals surface area contributed by atoms with Crippen LogP contribution in [-0.4, -0.2) is 17.9 Å². The topological polar surface area (TPSA) is 80.3 Å². The zero-order chi connectivity index (χ0) is 8.36. The van der Waals surface area contributed by atoms with Crippen LogP contribution in [0.3, 0.4) is 0 Å². The number of hydrogen-bond acceptors (Lipinski definition) is 4. The Kier molecular flexibility index (Phi) is 11.2. The summed E-state index contributed by atoms with van der Waals surface area (Å²) in [5.74, 6) is -9.18. The van der Waals surface area contributed by atoms with Gasteiger partial charge in [-0.3, -0.25) is 0 Å². The molecule has 0 N–H and O–H groups in total. The first-order valence-electron chi connectivity index (χ1n) is 2.15. The van der Waals surface area contributed by atoms with Crippen LogP contribution in [0.5, 0.6) is 0 Å². The third-order valence-electron chi connectivity index (χ3n) is 0.665. The van der Waals surface area contributed by atoms with Crippen molar-refractivity contribution in [2.75, 3.05) is 0 Å². The molecule has 0 aliphatic carbocycles. The molecule has 0 atom stereocenters. The normalized spacial score (nSPS) is 9.17. The molecule has 0 rings (SSSR count). The minimum atomic E-state index is -4.33. The number of rotatable bonds is 3. The van der Waals surface area contributed by atoms with Gasteiger partial charge in [-0.05, 0) is 0 Å².